The average molecular weight is 176 g/mol. The van der Waals surface area contributed by atoms with E-state index in [1.165, 1.54) is 11.8 Å². The number of H-pyrrole nitrogens is 1. The lowest BCUT2D eigenvalue weighted by molar-refractivity contribution is 1.09. The molecule has 1 heterocycles. The Morgan fingerprint density at radius 3 is 2.46 bits per heavy atom. The van der Waals surface area contributed by atoms with Crippen molar-refractivity contribution in [1.29, 1.82) is 0 Å². The maximum absolute atomic E-state index is 5.54. The van der Waals surface area contributed by atoms with Gasteiger partial charge in [0.25, 0.3) is 0 Å². The Morgan fingerprint density at radius 2 is 1.85 bits per heavy atom. The Morgan fingerprint density at radius 1 is 1.23 bits per heavy atom. The first-order valence-corrected chi connectivity index (χ1v) is 4.61. The summed E-state index contributed by atoms with van der Waals surface area (Å²) < 4.78 is 0. The average Bonchev–Trinajstić information content (AvgIpc) is 2.45. The smallest absolute Gasteiger partial charge is 0.101 e. The van der Waals surface area contributed by atoms with Crippen LogP contribution in [-0.2, 0) is 0 Å². The van der Waals surface area contributed by atoms with Crippen LogP contribution in [0.1, 0.15) is 20.3 Å². The van der Waals surface area contributed by atoms with Gasteiger partial charge < -0.3 is 10.7 Å². The summed E-state index contributed by atoms with van der Waals surface area (Å²) in [6.45, 7) is 4.25. The van der Waals surface area contributed by atoms with E-state index in [9.17, 15) is 0 Å². The summed E-state index contributed by atoms with van der Waals surface area (Å²) in [5, 5.41) is 1.17. The van der Waals surface area contributed by atoms with Crippen LogP contribution in [0, 0.1) is 0 Å². The van der Waals surface area contributed by atoms with Crippen LogP contribution >= 0.6 is 0 Å². The highest BCUT2D eigenvalue weighted by atomic mass is 14.8. The molecular formula is C11H16N2. The van der Waals surface area contributed by atoms with E-state index < -0.39 is 0 Å². The molecule has 0 saturated heterocycles. The summed E-state index contributed by atoms with van der Waals surface area (Å²) in [4.78, 5) is 3.04. The normalized spacial score (nSPS) is 9.38. The first-order valence-electron chi connectivity index (χ1n) is 4.61. The predicted molar refractivity (Wildman–Crippen MR) is 58.7 cm³/mol. The molecule has 13 heavy (non-hydrogen) atoms. The van der Waals surface area contributed by atoms with Crippen molar-refractivity contribution in [2.75, 3.05) is 5.73 Å². The largest absolute Gasteiger partial charge is 0.385 e. The number of benzene rings is 1. The third-order valence-corrected chi connectivity index (χ3v) is 1.55. The van der Waals surface area contributed by atoms with Gasteiger partial charge in [0.15, 0.2) is 0 Å². The maximum Gasteiger partial charge on any atom is 0.101 e. The van der Waals surface area contributed by atoms with Crippen molar-refractivity contribution in [3.05, 3.63) is 30.3 Å². The molecular weight excluding hydrogens is 160 g/mol. The molecule has 2 nitrogen and oxygen atoms in total. The number of fused-ring (bicyclic) bond motifs is 1. The molecule has 1 aromatic carbocycles. The van der Waals surface area contributed by atoms with Crippen LogP contribution in [0.3, 0.4) is 0 Å². The third kappa shape index (κ3) is 2.51. The van der Waals surface area contributed by atoms with Crippen molar-refractivity contribution in [2.45, 2.75) is 20.3 Å². The summed E-state index contributed by atoms with van der Waals surface area (Å²) in [5.41, 5.74) is 6.63. The van der Waals surface area contributed by atoms with Gasteiger partial charge in [-0.05, 0) is 12.1 Å². The van der Waals surface area contributed by atoms with Crippen molar-refractivity contribution in [2.24, 2.45) is 0 Å². The van der Waals surface area contributed by atoms with Gasteiger partial charge in [0.05, 0.1) is 0 Å². The molecule has 70 valence electrons. The summed E-state index contributed by atoms with van der Waals surface area (Å²) >= 11 is 0. The maximum atomic E-state index is 5.54. The number of nitrogens with one attached hydrogen (secondary N) is 1. The first kappa shape index (κ1) is 9.65. The van der Waals surface area contributed by atoms with Gasteiger partial charge in [-0.25, -0.2) is 0 Å². The number of anilines is 1. The molecule has 0 bridgehead atoms. The van der Waals surface area contributed by atoms with Gasteiger partial charge in [-0.2, -0.15) is 0 Å². The fourth-order valence-electron chi connectivity index (χ4n) is 1.10. The summed E-state index contributed by atoms with van der Waals surface area (Å²) in [6, 6.07) is 9.94. The molecule has 3 N–H and O–H groups in total. The molecule has 2 heteroatoms. The quantitative estimate of drug-likeness (QED) is 0.636. The Bertz CT molecular complexity index is 330. The Balaban J connectivity index is 0.000000251. The number of aromatic nitrogens is 1. The van der Waals surface area contributed by atoms with Crippen LogP contribution in [0.4, 0.5) is 5.82 Å². The lowest BCUT2D eigenvalue weighted by Crippen LogP contribution is -1.80. The van der Waals surface area contributed by atoms with E-state index in [2.05, 4.69) is 18.8 Å². The number of hydrogen-bond donors (Lipinski definition) is 2. The summed E-state index contributed by atoms with van der Waals surface area (Å²) in [7, 11) is 0. The second-order valence-corrected chi connectivity index (χ2v) is 3.02. The molecule has 0 saturated carbocycles. The highest BCUT2D eigenvalue weighted by Gasteiger charge is 1.92. The SMILES string of the molecule is CCC.Nc1cc2ccccc2[nH]1. The zero-order valence-electron chi connectivity index (χ0n) is 8.17. The number of hydrogen-bond acceptors (Lipinski definition) is 1. The third-order valence-electron chi connectivity index (χ3n) is 1.55. The Kier molecular flexibility index (Phi) is 3.38. The fourth-order valence-corrected chi connectivity index (χ4v) is 1.10. The highest BCUT2D eigenvalue weighted by molar-refractivity contribution is 5.82. The lowest BCUT2D eigenvalue weighted by Gasteiger charge is -1.83. The molecule has 2 rings (SSSR count). The Labute approximate surface area is 78.8 Å². The second-order valence-electron chi connectivity index (χ2n) is 3.02. The minimum Gasteiger partial charge on any atom is -0.385 e. The molecule has 0 atom stereocenters. The number of nitrogens with two attached hydrogens (primary N) is 1. The van der Waals surface area contributed by atoms with Crippen LogP contribution in [0.25, 0.3) is 10.9 Å². The van der Waals surface area contributed by atoms with E-state index >= 15 is 0 Å². The molecule has 2 aromatic rings. The van der Waals surface area contributed by atoms with Gasteiger partial charge >= 0.3 is 0 Å². The van der Waals surface area contributed by atoms with E-state index in [1.54, 1.807) is 0 Å². The zero-order chi connectivity index (χ0) is 9.68. The van der Waals surface area contributed by atoms with Crippen molar-refractivity contribution >= 4 is 16.7 Å². The highest BCUT2D eigenvalue weighted by Crippen LogP contribution is 2.14. The van der Waals surface area contributed by atoms with E-state index in [4.69, 9.17) is 5.73 Å². The molecule has 0 spiro atoms. The molecule has 1 aromatic heterocycles. The topological polar surface area (TPSA) is 41.8 Å². The molecule has 0 aliphatic carbocycles. The van der Waals surface area contributed by atoms with Crippen molar-refractivity contribution in [3.63, 3.8) is 0 Å². The number of aromatic amines is 1. The molecule has 0 unspecified atom stereocenters. The lowest BCUT2D eigenvalue weighted by atomic mass is 10.3. The first-order chi connectivity index (χ1) is 6.27. The van der Waals surface area contributed by atoms with Crippen LogP contribution in [-0.4, -0.2) is 4.98 Å². The van der Waals surface area contributed by atoms with Gasteiger partial charge in [-0.1, -0.05) is 38.5 Å². The monoisotopic (exact) mass is 176 g/mol. The molecule has 0 amide bonds. The van der Waals surface area contributed by atoms with E-state index in [0.717, 1.165) is 11.3 Å². The van der Waals surface area contributed by atoms with Crippen LogP contribution in [0.2, 0.25) is 0 Å². The molecule has 0 radical (unpaired) electrons. The predicted octanol–water partition coefficient (Wildman–Crippen LogP) is 3.17. The zero-order valence-corrected chi connectivity index (χ0v) is 8.17. The molecule has 0 aliphatic rings. The van der Waals surface area contributed by atoms with Crippen molar-refractivity contribution < 1.29 is 0 Å². The van der Waals surface area contributed by atoms with E-state index in [0.29, 0.717) is 0 Å². The summed E-state index contributed by atoms with van der Waals surface area (Å²) in [6.07, 6.45) is 1.25. The minimum atomic E-state index is 0.723. The van der Waals surface area contributed by atoms with E-state index in [-0.39, 0.29) is 0 Å². The minimum absolute atomic E-state index is 0.723. The number of para-hydroxylation sites is 1. The van der Waals surface area contributed by atoms with E-state index in [1.807, 2.05) is 30.3 Å². The number of nitrogen functional groups attached to an aromatic ring is 1. The second kappa shape index (κ2) is 4.55. The summed E-state index contributed by atoms with van der Waals surface area (Å²) in [5.74, 6) is 0.723. The molecule has 0 fully saturated rings. The van der Waals surface area contributed by atoms with Crippen LogP contribution in [0.5, 0.6) is 0 Å². The standard InChI is InChI=1S/C8H8N2.C3H8/c9-8-5-6-3-1-2-4-7(6)10-8;1-3-2/h1-5,10H,9H2;3H2,1-2H3. The van der Waals surface area contributed by atoms with Gasteiger partial charge in [0, 0.05) is 10.9 Å². The van der Waals surface area contributed by atoms with Gasteiger partial charge in [-0.3, -0.25) is 0 Å². The van der Waals surface area contributed by atoms with Gasteiger partial charge in [0.1, 0.15) is 5.82 Å². The van der Waals surface area contributed by atoms with Crippen molar-refractivity contribution in [3.8, 4) is 0 Å². The van der Waals surface area contributed by atoms with Gasteiger partial charge in [-0.15, -0.1) is 0 Å². The van der Waals surface area contributed by atoms with Gasteiger partial charge in [0.2, 0.25) is 0 Å². The fraction of sp³-hybridized carbons (Fsp3) is 0.273. The van der Waals surface area contributed by atoms with Crippen molar-refractivity contribution in [1.82, 2.24) is 4.98 Å². The Hall–Kier alpha value is -1.44. The molecule has 0 aliphatic heterocycles. The van der Waals surface area contributed by atoms with Crippen LogP contribution < -0.4 is 5.73 Å². The van der Waals surface area contributed by atoms with Crippen LogP contribution in [0.15, 0.2) is 30.3 Å². The number of rotatable bonds is 0.